The molecule has 3 amide bonds. The van der Waals surface area contributed by atoms with Crippen LogP contribution in [0.25, 0.3) is 0 Å². The number of amides is 3. The first kappa shape index (κ1) is 18.1. The van der Waals surface area contributed by atoms with Crippen molar-refractivity contribution < 1.29 is 19.1 Å². The fourth-order valence-corrected chi connectivity index (χ4v) is 3.40. The number of ether oxygens (including phenoxy) is 1. The predicted molar refractivity (Wildman–Crippen MR) is 102 cm³/mol. The van der Waals surface area contributed by atoms with Crippen LogP contribution in [-0.2, 0) is 9.53 Å². The van der Waals surface area contributed by atoms with Crippen molar-refractivity contribution >= 4 is 29.1 Å². The van der Waals surface area contributed by atoms with E-state index in [1.165, 1.54) is 6.20 Å². The van der Waals surface area contributed by atoms with Gasteiger partial charge in [-0.25, -0.2) is 0 Å². The fraction of sp³-hybridized carbons (Fsp3) is 0.300. The van der Waals surface area contributed by atoms with E-state index in [9.17, 15) is 14.4 Å². The standard InChI is InChI=1S/C20H20N4O4/c25-17(7-9-24-19(26)14-4-3-8-21-18(14)20(24)27)22-15-5-1-2-6-16(15)23-10-12-28-13-11-23/h1-6,8H,7,9-13H2,(H,22,25). The molecule has 2 aliphatic rings. The number of morpholine rings is 1. The molecule has 0 unspecified atom stereocenters. The van der Waals surface area contributed by atoms with Gasteiger partial charge < -0.3 is 15.0 Å². The molecule has 3 heterocycles. The number of pyridine rings is 1. The van der Waals surface area contributed by atoms with Crippen molar-refractivity contribution in [2.75, 3.05) is 43.1 Å². The zero-order chi connectivity index (χ0) is 19.5. The summed E-state index contributed by atoms with van der Waals surface area (Å²) in [5, 5.41) is 2.90. The van der Waals surface area contributed by atoms with E-state index in [1.807, 2.05) is 24.3 Å². The first-order chi connectivity index (χ1) is 13.6. The number of para-hydroxylation sites is 2. The number of benzene rings is 1. The van der Waals surface area contributed by atoms with Crippen molar-refractivity contribution in [3.8, 4) is 0 Å². The second-order valence-electron chi connectivity index (χ2n) is 6.58. The van der Waals surface area contributed by atoms with Crippen molar-refractivity contribution in [1.29, 1.82) is 0 Å². The van der Waals surface area contributed by atoms with Crippen LogP contribution in [-0.4, -0.2) is 60.5 Å². The Balaban J connectivity index is 1.40. The second kappa shape index (κ2) is 7.77. The van der Waals surface area contributed by atoms with Gasteiger partial charge in [-0.3, -0.25) is 24.3 Å². The number of fused-ring (bicyclic) bond motifs is 1. The molecule has 1 fully saturated rings. The van der Waals surface area contributed by atoms with E-state index >= 15 is 0 Å². The summed E-state index contributed by atoms with van der Waals surface area (Å²) in [6.45, 7) is 2.83. The minimum atomic E-state index is -0.456. The Morgan fingerprint density at radius 3 is 2.64 bits per heavy atom. The molecule has 1 saturated heterocycles. The highest BCUT2D eigenvalue weighted by atomic mass is 16.5. The molecule has 2 aliphatic heterocycles. The van der Waals surface area contributed by atoms with Gasteiger partial charge >= 0.3 is 0 Å². The van der Waals surface area contributed by atoms with Crippen LogP contribution in [0.1, 0.15) is 27.3 Å². The maximum absolute atomic E-state index is 12.5. The molecule has 4 rings (SSSR count). The molecule has 0 aliphatic carbocycles. The zero-order valence-electron chi connectivity index (χ0n) is 15.3. The number of nitrogens with zero attached hydrogens (tertiary/aromatic N) is 3. The summed E-state index contributed by atoms with van der Waals surface area (Å²) in [6.07, 6.45) is 1.49. The molecule has 2 aromatic rings. The Bertz CT molecular complexity index is 889. The Morgan fingerprint density at radius 2 is 1.86 bits per heavy atom. The fourth-order valence-electron chi connectivity index (χ4n) is 3.40. The van der Waals surface area contributed by atoms with Gasteiger partial charge in [-0.1, -0.05) is 12.1 Å². The number of hydrogen-bond donors (Lipinski definition) is 1. The maximum atomic E-state index is 12.5. The van der Waals surface area contributed by atoms with Gasteiger partial charge in [-0.2, -0.15) is 0 Å². The highest BCUT2D eigenvalue weighted by Gasteiger charge is 2.36. The van der Waals surface area contributed by atoms with Gasteiger partial charge in [0.1, 0.15) is 5.69 Å². The van der Waals surface area contributed by atoms with Crippen molar-refractivity contribution in [2.45, 2.75) is 6.42 Å². The summed E-state index contributed by atoms with van der Waals surface area (Å²) < 4.78 is 5.38. The van der Waals surface area contributed by atoms with Crippen LogP contribution in [0.2, 0.25) is 0 Å². The molecule has 144 valence electrons. The van der Waals surface area contributed by atoms with Crippen LogP contribution in [0.15, 0.2) is 42.6 Å². The van der Waals surface area contributed by atoms with Crippen LogP contribution in [0, 0.1) is 0 Å². The molecule has 1 aromatic heterocycles. The van der Waals surface area contributed by atoms with E-state index in [1.54, 1.807) is 12.1 Å². The number of rotatable bonds is 5. The lowest BCUT2D eigenvalue weighted by atomic mass is 10.2. The lowest BCUT2D eigenvalue weighted by molar-refractivity contribution is -0.116. The summed E-state index contributed by atoms with van der Waals surface area (Å²) in [5.74, 6) is -1.12. The number of hydrogen-bond acceptors (Lipinski definition) is 6. The lowest BCUT2D eigenvalue weighted by Crippen LogP contribution is -2.37. The number of aromatic nitrogens is 1. The molecule has 0 radical (unpaired) electrons. The first-order valence-corrected chi connectivity index (χ1v) is 9.18. The van der Waals surface area contributed by atoms with Gasteiger partial charge in [-0.05, 0) is 24.3 Å². The van der Waals surface area contributed by atoms with E-state index in [-0.39, 0.29) is 30.1 Å². The normalized spacial score (nSPS) is 16.3. The van der Waals surface area contributed by atoms with Gasteiger partial charge in [-0.15, -0.1) is 0 Å². The van der Waals surface area contributed by atoms with Gasteiger partial charge in [0.2, 0.25) is 5.91 Å². The minimum Gasteiger partial charge on any atom is -0.378 e. The second-order valence-corrected chi connectivity index (χ2v) is 6.58. The van der Waals surface area contributed by atoms with E-state index in [0.29, 0.717) is 18.9 Å². The SMILES string of the molecule is O=C(CCN1C(=O)c2cccnc2C1=O)Nc1ccccc1N1CCOCC1. The van der Waals surface area contributed by atoms with Crippen LogP contribution < -0.4 is 10.2 Å². The van der Waals surface area contributed by atoms with E-state index < -0.39 is 11.8 Å². The van der Waals surface area contributed by atoms with Gasteiger partial charge in [0.05, 0.1) is 30.2 Å². The molecule has 8 nitrogen and oxygen atoms in total. The summed E-state index contributed by atoms with van der Waals surface area (Å²) in [4.78, 5) is 44.4. The topological polar surface area (TPSA) is 91.8 Å². The summed E-state index contributed by atoms with van der Waals surface area (Å²) in [5.41, 5.74) is 2.07. The van der Waals surface area contributed by atoms with Crippen LogP contribution in [0.4, 0.5) is 11.4 Å². The third-order valence-electron chi connectivity index (χ3n) is 4.82. The monoisotopic (exact) mass is 380 g/mol. The molecule has 28 heavy (non-hydrogen) atoms. The van der Waals surface area contributed by atoms with Crippen LogP contribution in [0.3, 0.4) is 0 Å². The maximum Gasteiger partial charge on any atom is 0.280 e. The Morgan fingerprint density at radius 1 is 1.07 bits per heavy atom. The van der Waals surface area contributed by atoms with Crippen molar-refractivity contribution in [3.63, 3.8) is 0 Å². The molecule has 8 heteroatoms. The number of nitrogens with one attached hydrogen (secondary N) is 1. The highest BCUT2D eigenvalue weighted by Crippen LogP contribution is 2.26. The minimum absolute atomic E-state index is 0.0135. The highest BCUT2D eigenvalue weighted by molar-refractivity contribution is 6.20. The predicted octanol–water partition coefficient (Wildman–Crippen LogP) is 1.54. The number of imide groups is 1. The molecular weight excluding hydrogens is 360 g/mol. The van der Waals surface area contributed by atoms with Crippen LogP contribution >= 0.6 is 0 Å². The Kier molecular flexibility index (Phi) is 5.03. The van der Waals surface area contributed by atoms with Gasteiger partial charge in [0.15, 0.2) is 0 Å². The van der Waals surface area contributed by atoms with Crippen molar-refractivity contribution in [3.05, 3.63) is 53.9 Å². The number of anilines is 2. The Labute approximate surface area is 162 Å². The van der Waals surface area contributed by atoms with Crippen LogP contribution in [0.5, 0.6) is 0 Å². The largest absolute Gasteiger partial charge is 0.378 e. The lowest BCUT2D eigenvalue weighted by Gasteiger charge is -2.30. The Hall–Kier alpha value is -3.26. The van der Waals surface area contributed by atoms with E-state index in [2.05, 4.69) is 15.2 Å². The zero-order valence-corrected chi connectivity index (χ0v) is 15.3. The molecule has 0 bridgehead atoms. The third-order valence-corrected chi connectivity index (χ3v) is 4.82. The van der Waals surface area contributed by atoms with Gasteiger partial charge in [0, 0.05) is 32.3 Å². The average Bonchev–Trinajstić information content (AvgIpc) is 2.98. The first-order valence-electron chi connectivity index (χ1n) is 9.18. The molecule has 1 N–H and O–H groups in total. The molecule has 0 spiro atoms. The quantitative estimate of drug-likeness (QED) is 0.792. The molecule has 0 saturated carbocycles. The number of carbonyl (C=O) groups excluding carboxylic acids is 3. The summed E-state index contributed by atoms with van der Waals surface area (Å²) in [7, 11) is 0. The van der Waals surface area contributed by atoms with E-state index in [0.717, 1.165) is 23.7 Å². The van der Waals surface area contributed by atoms with Crippen molar-refractivity contribution in [2.24, 2.45) is 0 Å². The van der Waals surface area contributed by atoms with Crippen molar-refractivity contribution in [1.82, 2.24) is 9.88 Å². The molecule has 1 aromatic carbocycles. The summed E-state index contributed by atoms with van der Waals surface area (Å²) >= 11 is 0. The average molecular weight is 380 g/mol. The van der Waals surface area contributed by atoms with E-state index in [4.69, 9.17) is 4.74 Å². The summed E-state index contributed by atoms with van der Waals surface area (Å²) in [6, 6.07) is 10.8. The molecular formula is C20H20N4O4. The smallest absolute Gasteiger partial charge is 0.280 e. The van der Waals surface area contributed by atoms with Gasteiger partial charge in [0.25, 0.3) is 11.8 Å². The third kappa shape index (κ3) is 3.46. The number of carbonyl (C=O) groups is 3. The molecule has 0 atom stereocenters.